The summed E-state index contributed by atoms with van der Waals surface area (Å²) in [7, 11) is -4.65. The third kappa shape index (κ3) is 5.33. The van der Waals surface area contributed by atoms with E-state index >= 15 is 0 Å². The zero-order valence-corrected chi connectivity index (χ0v) is 21.2. The van der Waals surface area contributed by atoms with Crippen molar-refractivity contribution in [3.63, 3.8) is 0 Å². The van der Waals surface area contributed by atoms with Gasteiger partial charge in [0.2, 0.25) is 0 Å². The first-order valence-corrected chi connectivity index (χ1v) is 12.2. The van der Waals surface area contributed by atoms with Crippen molar-refractivity contribution in [2.45, 2.75) is 4.90 Å². The number of carbonyl (C=O) groups excluding carboxylic acids is 2. The highest BCUT2D eigenvalue weighted by Crippen LogP contribution is 2.31. The van der Waals surface area contributed by atoms with Crippen LogP contribution >= 0.6 is 45.2 Å². The number of rotatable bonds is 5. The number of ether oxygens (including phenoxy) is 2. The number of hydrogen-bond acceptors (Lipinski definition) is 6. The fourth-order valence-corrected chi connectivity index (χ4v) is 6.65. The fourth-order valence-electron chi connectivity index (χ4n) is 2.66. The van der Waals surface area contributed by atoms with E-state index in [4.69, 9.17) is 9.47 Å². The molecule has 3 aromatic rings. The van der Waals surface area contributed by atoms with Gasteiger partial charge in [0.05, 0.1) is 0 Å². The molecule has 0 bridgehead atoms. The van der Waals surface area contributed by atoms with Gasteiger partial charge in [-0.1, -0.05) is 18.2 Å². The first kappa shape index (κ1) is 26.3. The van der Waals surface area contributed by atoms with Gasteiger partial charge in [-0.25, -0.2) is 27.2 Å². The van der Waals surface area contributed by atoms with Crippen LogP contribution in [0.2, 0.25) is 0 Å². The van der Waals surface area contributed by atoms with E-state index in [1.165, 1.54) is 69.4 Å². The van der Waals surface area contributed by atoms with E-state index < -0.39 is 67.1 Å². The molecule has 0 atom stereocenters. The zero-order chi connectivity index (χ0) is 25.4. The summed E-state index contributed by atoms with van der Waals surface area (Å²) >= 11 is 2.99. The van der Waals surface area contributed by atoms with Gasteiger partial charge >= 0.3 is 11.9 Å². The Bertz CT molecular complexity index is 1410. The molecule has 178 valence electrons. The van der Waals surface area contributed by atoms with Crippen molar-refractivity contribution in [1.82, 2.24) is 0 Å². The van der Waals surface area contributed by atoms with Gasteiger partial charge in [0.15, 0.2) is 23.3 Å². The van der Waals surface area contributed by atoms with Crippen molar-refractivity contribution in [3.05, 3.63) is 84.0 Å². The molecule has 0 spiro atoms. The van der Waals surface area contributed by atoms with Crippen LogP contribution in [0.5, 0.6) is 11.5 Å². The first-order chi connectivity index (χ1) is 15.8. The minimum absolute atomic E-state index is 0.115. The smallest absolute Gasteiger partial charge is 0.347 e. The molecule has 0 radical (unpaired) electrons. The summed E-state index contributed by atoms with van der Waals surface area (Å²) in [6.07, 6.45) is 0. The lowest BCUT2D eigenvalue weighted by Gasteiger charge is -2.13. The predicted molar refractivity (Wildman–Crippen MR) is 124 cm³/mol. The third-order valence-corrected chi connectivity index (χ3v) is 7.46. The maximum Gasteiger partial charge on any atom is 0.347 e. The molecule has 3 rings (SSSR count). The second-order valence-electron chi connectivity index (χ2n) is 6.29. The molecule has 0 saturated heterocycles. The highest BCUT2D eigenvalue weighted by atomic mass is 127. The Morgan fingerprint density at radius 3 is 1.56 bits per heavy atom. The average molecular weight is 722 g/mol. The number of benzene rings is 3. The quantitative estimate of drug-likeness (QED) is 0.0741. The van der Waals surface area contributed by atoms with Crippen molar-refractivity contribution in [1.29, 1.82) is 0 Å². The molecule has 7 nitrogen and oxygen atoms in total. The van der Waals surface area contributed by atoms with Crippen molar-refractivity contribution in [2.75, 3.05) is 0 Å². The molecule has 1 N–H and O–H groups in total. The van der Waals surface area contributed by atoms with E-state index in [9.17, 15) is 40.1 Å². The van der Waals surface area contributed by atoms with E-state index in [2.05, 4.69) is 0 Å². The molecule has 0 unspecified atom stereocenters. The van der Waals surface area contributed by atoms with Crippen LogP contribution in [0.15, 0.2) is 47.4 Å². The monoisotopic (exact) mass is 722 g/mol. The molecule has 0 aliphatic rings. The fraction of sp³-hybridized carbons (Fsp3) is 0. The van der Waals surface area contributed by atoms with Gasteiger partial charge in [-0.3, -0.25) is 4.55 Å². The maximum absolute atomic E-state index is 14.5. The van der Waals surface area contributed by atoms with E-state index in [1.807, 2.05) is 0 Å². The Kier molecular flexibility index (Phi) is 7.83. The molecular formula is C20H8F4I2O7S. The summed E-state index contributed by atoms with van der Waals surface area (Å²) < 4.78 is 98.4. The molecule has 0 heterocycles. The summed E-state index contributed by atoms with van der Waals surface area (Å²) in [6.45, 7) is 0. The topological polar surface area (TPSA) is 107 Å². The molecule has 0 aliphatic heterocycles. The van der Waals surface area contributed by atoms with Crippen LogP contribution in [0.4, 0.5) is 17.6 Å². The Labute approximate surface area is 216 Å². The van der Waals surface area contributed by atoms with Crippen molar-refractivity contribution in [2.24, 2.45) is 0 Å². The SMILES string of the molecule is O=C(Oc1ccccc1)c1c(F)c(F)c(F)c(F)c1C(=O)Oc1cc(I)c(S(=O)(=O)O)c(I)c1. The molecule has 0 saturated carbocycles. The average Bonchev–Trinajstić information content (AvgIpc) is 2.73. The van der Waals surface area contributed by atoms with Crippen molar-refractivity contribution in [3.8, 4) is 11.5 Å². The highest BCUT2D eigenvalue weighted by molar-refractivity contribution is 14.1. The molecule has 34 heavy (non-hydrogen) atoms. The van der Waals surface area contributed by atoms with Gasteiger partial charge in [0.1, 0.15) is 27.5 Å². The summed E-state index contributed by atoms with van der Waals surface area (Å²) in [5.74, 6) is -13.2. The summed E-state index contributed by atoms with van der Waals surface area (Å²) in [4.78, 5) is 24.6. The van der Waals surface area contributed by atoms with Crippen LogP contribution in [0, 0.1) is 30.4 Å². The van der Waals surface area contributed by atoms with Crippen molar-refractivity contribution >= 4 is 67.2 Å². The lowest BCUT2D eigenvalue weighted by molar-refractivity contribution is 0.0680. The summed E-state index contributed by atoms with van der Waals surface area (Å²) in [5.41, 5.74) is -3.13. The minimum Gasteiger partial charge on any atom is -0.423 e. The zero-order valence-electron chi connectivity index (χ0n) is 16.1. The van der Waals surface area contributed by atoms with E-state index in [1.54, 1.807) is 6.07 Å². The Hall–Kier alpha value is -2.31. The van der Waals surface area contributed by atoms with Gasteiger partial charge in [0, 0.05) is 7.14 Å². The lowest BCUT2D eigenvalue weighted by Crippen LogP contribution is -2.23. The van der Waals surface area contributed by atoms with Crippen LogP contribution < -0.4 is 9.47 Å². The van der Waals surface area contributed by atoms with Gasteiger partial charge < -0.3 is 9.47 Å². The predicted octanol–water partition coefficient (Wildman–Crippen LogP) is 5.14. The normalized spacial score (nSPS) is 11.3. The van der Waals surface area contributed by atoms with Gasteiger partial charge in [-0.15, -0.1) is 0 Å². The molecule has 0 aliphatic carbocycles. The summed E-state index contributed by atoms with van der Waals surface area (Å²) in [6, 6.07) is 8.81. The largest absolute Gasteiger partial charge is 0.423 e. The first-order valence-electron chi connectivity index (χ1n) is 8.64. The van der Waals surface area contributed by atoms with E-state index in [0.717, 1.165) is 12.1 Å². The third-order valence-electron chi connectivity index (χ3n) is 4.07. The van der Waals surface area contributed by atoms with Crippen LogP contribution in [0.3, 0.4) is 0 Å². The number of halogens is 6. The standard InChI is InChI=1S/C20H8F4I2O7S/c21-14-12(19(27)32-8-4-2-1-3-5-8)13(15(22)17(24)16(14)23)20(28)33-9-6-10(25)18(11(26)7-9)34(29,30)31/h1-7H,(H,29,30,31). The Balaban J connectivity index is 2.09. The van der Waals surface area contributed by atoms with Crippen LogP contribution in [-0.2, 0) is 10.1 Å². The van der Waals surface area contributed by atoms with Gasteiger partial charge in [0.25, 0.3) is 10.1 Å². The molecule has 0 amide bonds. The molecule has 0 aromatic heterocycles. The van der Waals surface area contributed by atoms with Crippen LogP contribution in [0.25, 0.3) is 0 Å². The van der Waals surface area contributed by atoms with Crippen LogP contribution in [0.1, 0.15) is 20.7 Å². The maximum atomic E-state index is 14.5. The lowest BCUT2D eigenvalue weighted by atomic mass is 10.0. The number of para-hydroxylation sites is 1. The van der Waals surface area contributed by atoms with Crippen molar-refractivity contribution < 1.29 is 49.6 Å². The van der Waals surface area contributed by atoms with Gasteiger partial charge in [-0.05, 0) is 69.4 Å². The van der Waals surface area contributed by atoms with Crippen LogP contribution in [-0.4, -0.2) is 24.9 Å². The summed E-state index contributed by atoms with van der Waals surface area (Å²) in [5, 5.41) is 0. The second-order valence-corrected chi connectivity index (χ2v) is 9.97. The van der Waals surface area contributed by atoms with E-state index in [-0.39, 0.29) is 12.9 Å². The molecule has 14 heteroatoms. The number of hydrogen-bond donors (Lipinski definition) is 1. The molecular weight excluding hydrogens is 714 g/mol. The van der Waals surface area contributed by atoms with E-state index in [0.29, 0.717) is 0 Å². The number of esters is 2. The molecule has 0 fully saturated rings. The Morgan fingerprint density at radius 2 is 1.15 bits per heavy atom. The minimum atomic E-state index is -4.65. The molecule has 3 aromatic carbocycles. The highest BCUT2D eigenvalue weighted by Gasteiger charge is 2.35. The van der Waals surface area contributed by atoms with Gasteiger partial charge in [-0.2, -0.15) is 8.42 Å². The second kappa shape index (κ2) is 10.1. The number of carbonyl (C=O) groups is 2. The Morgan fingerprint density at radius 1 is 0.735 bits per heavy atom.